The zero-order chi connectivity index (χ0) is 9.97. The normalized spacial score (nSPS) is 32.5. The van der Waals surface area contributed by atoms with Crippen LogP contribution in [0.5, 0.6) is 0 Å². The predicted molar refractivity (Wildman–Crippen MR) is 57.5 cm³/mol. The van der Waals surface area contributed by atoms with Gasteiger partial charge in [-0.3, -0.25) is 4.79 Å². The average Bonchev–Trinajstić information content (AvgIpc) is 2.75. The predicted octanol–water partition coefficient (Wildman–Crippen LogP) is 1.55. The van der Waals surface area contributed by atoms with Gasteiger partial charge >= 0.3 is 0 Å². The number of hydrogen-bond donors (Lipinski definition) is 0. The van der Waals surface area contributed by atoms with Crippen LogP contribution in [0.15, 0.2) is 0 Å². The summed E-state index contributed by atoms with van der Waals surface area (Å²) in [5, 5.41) is 0. The molecule has 2 aliphatic rings. The van der Waals surface area contributed by atoms with E-state index < -0.39 is 0 Å². The van der Waals surface area contributed by atoms with Gasteiger partial charge in [0, 0.05) is 24.5 Å². The largest absolute Gasteiger partial charge is 0.378 e. The average molecular weight is 262 g/mol. The van der Waals surface area contributed by atoms with Crippen molar-refractivity contribution in [3.8, 4) is 0 Å². The molecule has 2 atom stereocenters. The van der Waals surface area contributed by atoms with Crippen molar-refractivity contribution < 1.29 is 9.53 Å². The van der Waals surface area contributed by atoms with Gasteiger partial charge in [-0.05, 0) is 19.3 Å². The zero-order valence-corrected chi connectivity index (χ0v) is 9.83. The summed E-state index contributed by atoms with van der Waals surface area (Å²) < 4.78 is 5.45. The molecule has 80 valence electrons. The molecule has 0 saturated carbocycles. The third-order valence-electron chi connectivity index (χ3n) is 2.91. The third kappa shape index (κ3) is 2.48. The molecule has 0 radical (unpaired) electrons. The monoisotopic (exact) mass is 261 g/mol. The molecule has 3 nitrogen and oxygen atoms in total. The molecule has 14 heavy (non-hydrogen) atoms. The molecule has 0 bridgehead atoms. The van der Waals surface area contributed by atoms with Gasteiger partial charge in [0.05, 0.1) is 12.5 Å². The second-order valence-electron chi connectivity index (χ2n) is 4.06. The Morgan fingerprint density at radius 2 is 2.36 bits per heavy atom. The van der Waals surface area contributed by atoms with Crippen LogP contribution in [-0.4, -0.2) is 41.4 Å². The van der Waals surface area contributed by atoms with Gasteiger partial charge in [0.2, 0.25) is 5.91 Å². The Labute approximate surface area is 92.9 Å². The number of carbonyl (C=O) groups is 1. The molecule has 0 spiro atoms. The molecular weight excluding hydrogens is 246 g/mol. The molecule has 2 rings (SSSR count). The SMILES string of the molecule is O=C(CC1CCCO1)N1CCC(Br)C1. The highest BCUT2D eigenvalue weighted by Gasteiger charge is 2.27. The minimum atomic E-state index is 0.192. The van der Waals surface area contributed by atoms with Crippen molar-refractivity contribution in [3.05, 3.63) is 0 Å². The van der Waals surface area contributed by atoms with Gasteiger partial charge in [-0.2, -0.15) is 0 Å². The highest BCUT2D eigenvalue weighted by molar-refractivity contribution is 9.09. The van der Waals surface area contributed by atoms with Crippen LogP contribution in [0.1, 0.15) is 25.7 Å². The van der Waals surface area contributed by atoms with E-state index in [-0.39, 0.29) is 12.0 Å². The second kappa shape index (κ2) is 4.62. The number of nitrogens with zero attached hydrogens (tertiary/aromatic N) is 1. The molecular formula is C10H16BrNO2. The first-order valence-electron chi connectivity index (χ1n) is 5.29. The fourth-order valence-electron chi connectivity index (χ4n) is 2.07. The van der Waals surface area contributed by atoms with Crippen molar-refractivity contribution in [2.24, 2.45) is 0 Å². The lowest BCUT2D eigenvalue weighted by atomic mass is 10.1. The van der Waals surface area contributed by atoms with E-state index in [0.29, 0.717) is 11.2 Å². The van der Waals surface area contributed by atoms with E-state index in [2.05, 4.69) is 15.9 Å². The number of alkyl halides is 1. The Hall–Kier alpha value is -0.0900. The van der Waals surface area contributed by atoms with Crippen LogP contribution in [0.3, 0.4) is 0 Å². The third-order valence-corrected chi connectivity index (χ3v) is 3.66. The number of carbonyl (C=O) groups excluding carboxylic acids is 1. The quantitative estimate of drug-likeness (QED) is 0.707. The zero-order valence-electron chi connectivity index (χ0n) is 8.25. The van der Waals surface area contributed by atoms with Crippen LogP contribution >= 0.6 is 15.9 Å². The maximum atomic E-state index is 11.8. The first kappa shape index (κ1) is 10.4. The summed E-state index contributed by atoms with van der Waals surface area (Å²) >= 11 is 3.53. The number of ether oxygens (including phenoxy) is 1. The van der Waals surface area contributed by atoms with E-state index in [0.717, 1.165) is 39.0 Å². The van der Waals surface area contributed by atoms with Gasteiger partial charge in [-0.1, -0.05) is 15.9 Å². The van der Waals surface area contributed by atoms with E-state index in [1.165, 1.54) is 0 Å². The summed E-state index contributed by atoms with van der Waals surface area (Å²) in [5.74, 6) is 0.263. The number of halogens is 1. The molecule has 0 aromatic heterocycles. The molecule has 2 heterocycles. The standard InChI is InChI=1S/C10H16BrNO2/c11-8-3-4-12(7-8)10(13)6-9-2-1-5-14-9/h8-9H,1-7H2. The van der Waals surface area contributed by atoms with Crippen LogP contribution in [0.2, 0.25) is 0 Å². The fourth-order valence-corrected chi connectivity index (χ4v) is 2.63. The summed E-state index contributed by atoms with van der Waals surface area (Å²) in [4.78, 5) is 14.2. The van der Waals surface area contributed by atoms with Crippen LogP contribution in [0, 0.1) is 0 Å². The summed E-state index contributed by atoms with van der Waals surface area (Å²) in [5.41, 5.74) is 0. The maximum absolute atomic E-state index is 11.8. The van der Waals surface area contributed by atoms with Gasteiger partial charge in [-0.25, -0.2) is 0 Å². The first-order chi connectivity index (χ1) is 6.75. The molecule has 0 aromatic rings. The Bertz CT molecular complexity index is 216. The summed E-state index contributed by atoms with van der Waals surface area (Å²) in [6.07, 6.45) is 4.02. The second-order valence-corrected chi connectivity index (χ2v) is 5.36. The summed E-state index contributed by atoms with van der Waals surface area (Å²) in [6, 6.07) is 0. The van der Waals surface area contributed by atoms with Crippen LogP contribution in [0.25, 0.3) is 0 Å². The van der Waals surface area contributed by atoms with E-state index in [4.69, 9.17) is 4.74 Å². The van der Waals surface area contributed by atoms with Crippen molar-refractivity contribution in [2.75, 3.05) is 19.7 Å². The molecule has 2 saturated heterocycles. The van der Waals surface area contributed by atoms with Gasteiger partial charge in [0.15, 0.2) is 0 Å². The Morgan fingerprint density at radius 1 is 1.50 bits per heavy atom. The van der Waals surface area contributed by atoms with Crippen LogP contribution in [0.4, 0.5) is 0 Å². The molecule has 0 N–H and O–H groups in total. The molecule has 2 unspecified atom stereocenters. The maximum Gasteiger partial charge on any atom is 0.225 e. The molecule has 1 amide bonds. The number of amides is 1. The summed E-state index contributed by atoms with van der Waals surface area (Å²) in [6.45, 7) is 2.60. The van der Waals surface area contributed by atoms with E-state index in [1.54, 1.807) is 0 Å². The van der Waals surface area contributed by atoms with E-state index in [1.807, 2.05) is 4.90 Å². The fraction of sp³-hybridized carbons (Fsp3) is 0.900. The van der Waals surface area contributed by atoms with Crippen molar-refractivity contribution in [1.29, 1.82) is 0 Å². The van der Waals surface area contributed by atoms with Gasteiger partial charge in [0.25, 0.3) is 0 Å². The van der Waals surface area contributed by atoms with E-state index in [9.17, 15) is 4.79 Å². The van der Waals surface area contributed by atoms with Crippen LogP contribution in [-0.2, 0) is 9.53 Å². The lowest BCUT2D eigenvalue weighted by Gasteiger charge is -2.17. The lowest BCUT2D eigenvalue weighted by Crippen LogP contribution is -2.31. The molecule has 0 aliphatic carbocycles. The smallest absolute Gasteiger partial charge is 0.225 e. The Balaban J connectivity index is 1.77. The highest BCUT2D eigenvalue weighted by Crippen LogP contribution is 2.20. The molecule has 4 heteroatoms. The number of rotatable bonds is 2. The van der Waals surface area contributed by atoms with Crippen molar-refractivity contribution in [1.82, 2.24) is 4.90 Å². The molecule has 0 aromatic carbocycles. The van der Waals surface area contributed by atoms with Gasteiger partial charge in [-0.15, -0.1) is 0 Å². The topological polar surface area (TPSA) is 29.5 Å². The highest BCUT2D eigenvalue weighted by atomic mass is 79.9. The van der Waals surface area contributed by atoms with Gasteiger partial charge < -0.3 is 9.64 Å². The molecule has 2 aliphatic heterocycles. The number of likely N-dealkylation sites (tertiary alicyclic amines) is 1. The number of hydrogen-bond acceptors (Lipinski definition) is 2. The Morgan fingerprint density at radius 3 is 2.93 bits per heavy atom. The summed E-state index contributed by atoms with van der Waals surface area (Å²) in [7, 11) is 0. The van der Waals surface area contributed by atoms with Crippen molar-refractivity contribution in [3.63, 3.8) is 0 Å². The molecule has 2 fully saturated rings. The van der Waals surface area contributed by atoms with Crippen LogP contribution < -0.4 is 0 Å². The van der Waals surface area contributed by atoms with Gasteiger partial charge in [0.1, 0.15) is 0 Å². The minimum Gasteiger partial charge on any atom is -0.378 e. The van der Waals surface area contributed by atoms with E-state index >= 15 is 0 Å². The Kier molecular flexibility index (Phi) is 3.44. The first-order valence-corrected chi connectivity index (χ1v) is 6.21. The minimum absolute atomic E-state index is 0.192. The lowest BCUT2D eigenvalue weighted by molar-refractivity contribution is -0.132. The van der Waals surface area contributed by atoms with Crippen molar-refractivity contribution in [2.45, 2.75) is 36.6 Å². The van der Waals surface area contributed by atoms with Crippen molar-refractivity contribution >= 4 is 21.8 Å².